The molecule has 2 unspecified atom stereocenters. The summed E-state index contributed by atoms with van der Waals surface area (Å²) in [7, 11) is 0. The first-order valence-corrected chi connectivity index (χ1v) is 4.70. The lowest BCUT2D eigenvalue weighted by atomic mass is 10.1. The van der Waals surface area contributed by atoms with Gasteiger partial charge in [0.15, 0.2) is 0 Å². The highest BCUT2D eigenvalue weighted by Crippen LogP contribution is 2.20. The lowest BCUT2D eigenvalue weighted by molar-refractivity contribution is 0.101. The van der Waals surface area contributed by atoms with Crippen molar-refractivity contribution in [3.63, 3.8) is 0 Å². The van der Waals surface area contributed by atoms with Crippen molar-refractivity contribution in [2.45, 2.75) is 26.1 Å². The summed E-state index contributed by atoms with van der Waals surface area (Å²) in [5.41, 5.74) is 2.51. The molecule has 0 bridgehead atoms. The predicted molar refractivity (Wildman–Crippen MR) is 52.5 cm³/mol. The molecule has 1 fully saturated rings. The van der Waals surface area contributed by atoms with Crippen molar-refractivity contribution in [2.75, 3.05) is 6.61 Å². The molecule has 1 aliphatic rings. The number of hydrogen-bond donors (Lipinski definition) is 1. The Labute approximate surface area is 78.9 Å². The minimum Gasteiger partial charge on any atom is -0.357 e. The maximum absolute atomic E-state index is 5.60. The van der Waals surface area contributed by atoms with Crippen LogP contribution < -0.4 is 5.32 Å². The molecule has 2 rings (SSSR count). The maximum Gasteiger partial charge on any atom is 0.134 e. The third-order valence-electron chi connectivity index (χ3n) is 2.29. The molecule has 0 radical (unpaired) electrons. The van der Waals surface area contributed by atoms with Gasteiger partial charge in [-0.05, 0) is 19.4 Å². The quantitative estimate of drug-likeness (QED) is 0.708. The van der Waals surface area contributed by atoms with Gasteiger partial charge in [0.25, 0.3) is 0 Å². The number of hydrogen-bond acceptors (Lipinski definition) is 2. The summed E-state index contributed by atoms with van der Waals surface area (Å²) >= 11 is 0. The van der Waals surface area contributed by atoms with Crippen molar-refractivity contribution < 1.29 is 4.74 Å². The van der Waals surface area contributed by atoms with Crippen LogP contribution in [0.15, 0.2) is 24.3 Å². The van der Waals surface area contributed by atoms with Gasteiger partial charge in [0.1, 0.15) is 6.23 Å². The molecule has 2 atom stereocenters. The Morgan fingerprint density at radius 1 is 1.46 bits per heavy atom. The van der Waals surface area contributed by atoms with Gasteiger partial charge in [0.05, 0.1) is 6.61 Å². The highest BCUT2D eigenvalue weighted by atomic mass is 16.5. The van der Waals surface area contributed by atoms with E-state index in [1.54, 1.807) is 0 Å². The average Bonchev–Trinajstić information content (AvgIpc) is 2.52. The van der Waals surface area contributed by atoms with Crippen LogP contribution in [0.1, 0.15) is 24.3 Å². The first kappa shape index (κ1) is 8.73. The minimum absolute atomic E-state index is 0.0925. The smallest absolute Gasteiger partial charge is 0.134 e. The second-order valence-corrected chi connectivity index (χ2v) is 3.70. The van der Waals surface area contributed by atoms with Crippen molar-refractivity contribution >= 4 is 0 Å². The lowest BCUT2D eigenvalue weighted by Gasteiger charge is -2.11. The Morgan fingerprint density at radius 2 is 2.31 bits per heavy atom. The van der Waals surface area contributed by atoms with Crippen LogP contribution in [0.25, 0.3) is 0 Å². The number of benzene rings is 1. The number of nitrogens with one attached hydrogen (secondary N) is 1. The second kappa shape index (κ2) is 3.48. The zero-order valence-electron chi connectivity index (χ0n) is 8.08. The molecule has 13 heavy (non-hydrogen) atoms. The fourth-order valence-corrected chi connectivity index (χ4v) is 1.62. The van der Waals surface area contributed by atoms with E-state index in [0.29, 0.717) is 6.04 Å². The van der Waals surface area contributed by atoms with E-state index < -0.39 is 0 Å². The molecule has 0 amide bonds. The van der Waals surface area contributed by atoms with Gasteiger partial charge in [0, 0.05) is 6.04 Å². The Bertz CT molecular complexity index is 298. The van der Waals surface area contributed by atoms with E-state index in [-0.39, 0.29) is 6.23 Å². The van der Waals surface area contributed by atoms with Crippen molar-refractivity contribution in [1.82, 2.24) is 5.32 Å². The number of rotatable bonds is 1. The molecule has 2 heteroatoms. The summed E-state index contributed by atoms with van der Waals surface area (Å²) in [5, 5.41) is 3.38. The van der Waals surface area contributed by atoms with E-state index >= 15 is 0 Å². The van der Waals surface area contributed by atoms with Crippen LogP contribution in [-0.4, -0.2) is 12.6 Å². The Hall–Kier alpha value is -0.860. The topological polar surface area (TPSA) is 21.3 Å². The van der Waals surface area contributed by atoms with Crippen LogP contribution in [0.3, 0.4) is 0 Å². The zero-order valence-corrected chi connectivity index (χ0v) is 8.08. The van der Waals surface area contributed by atoms with Crippen molar-refractivity contribution in [1.29, 1.82) is 0 Å². The van der Waals surface area contributed by atoms with Gasteiger partial charge < -0.3 is 4.74 Å². The summed E-state index contributed by atoms with van der Waals surface area (Å²) in [6.07, 6.45) is 0.0925. The van der Waals surface area contributed by atoms with Crippen molar-refractivity contribution in [3.05, 3.63) is 35.4 Å². The molecule has 0 saturated carbocycles. The number of ether oxygens (including phenoxy) is 1. The molecular formula is C11H15NO. The fraction of sp³-hybridized carbons (Fsp3) is 0.455. The van der Waals surface area contributed by atoms with Crippen LogP contribution in [0.5, 0.6) is 0 Å². The van der Waals surface area contributed by atoms with E-state index in [4.69, 9.17) is 4.74 Å². The lowest BCUT2D eigenvalue weighted by Crippen LogP contribution is -2.22. The Morgan fingerprint density at radius 3 is 2.92 bits per heavy atom. The Balaban J connectivity index is 2.16. The van der Waals surface area contributed by atoms with E-state index in [1.807, 2.05) is 0 Å². The third-order valence-corrected chi connectivity index (χ3v) is 2.29. The molecular weight excluding hydrogens is 162 g/mol. The van der Waals surface area contributed by atoms with E-state index in [1.165, 1.54) is 11.1 Å². The Kier molecular flexibility index (Phi) is 2.34. The van der Waals surface area contributed by atoms with Crippen LogP contribution in [0.4, 0.5) is 0 Å². The SMILES string of the molecule is Cc1cccc(C2NC(C)CO2)c1. The van der Waals surface area contributed by atoms with E-state index in [2.05, 4.69) is 43.4 Å². The molecule has 2 nitrogen and oxygen atoms in total. The van der Waals surface area contributed by atoms with Crippen molar-refractivity contribution in [2.24, 2.45) is 0 Å². The largest absolute Gasteiger partial charge is 0.357 e. The minimum atomic E-state index is 0.0925. The van der Waals surface area contributed by atoms with Gasteiger partial charge >= 0.3 is 0 Å². The van der Waals surface area contributed by atoms with Crippen molar-refractivity contribution in [3.8, 4) is 0 Å². The summed E-state index contributed by atoms with van der Waals surface area (Å²) in [6, 6.07) is 8.89. The fourth-order valence-electron chi connectivity index (χ4n) is 1.62. The third kappa shape index (κ3) is 1.90. The first-order chi connectivity index (χ1) is 6.25. The summed E-state index contributed by atoms with van der Waals surface area (Å²) < 4.78 is 5.60. The molecule has 1 N–H and O–H groups in total. The number of aryl methyl sites for hydroxylation is 1. The van der Waals surface area contributed by atoms with Crippen LogP contribution in [-0.2, 0) is 4.74 Å². The van der Waals surface area contributed by atoms with Crippen LogP contribution in [0.2, 0.25) is 0 Å². The van der Waals surface area contributed by atoms with Crippen LogP contribution >= 0.6 is 0 Å². The standard InChI is InChI=1S/C11H15NO/c1-8-4-3-5-10(6-8)11-12-9(2)7-13-11/h3-6,9,11-12H,7H2,1-2H3. The van der Waals surface area contributed by atoms with Gasteiger partial charge in [-0.15, -0.1) is 0 Å². The summed E-state index contributed by atoms with van der Waals surface area (Å²) in [4.78, 5) is 0. The summed E-state index contributed by atoms with van der Waals surface area (Å²) in [5.74, 6) is 0. The van der Waals surface area contributed by atoms with Gasteiger partial charge in [-0.3, -0.25) is 5.32 Å². The maximum atomic E-state index is 5.60. The van der Waals surface area contributed by atoms with E-state index in [0.717, 1.165) is 6.61 Å². The van der Waals surface area contributed by atoms with Gasteiger partial charge in [-0.25, -0.2) is 0 Å². The highest BCUT2D eigenvalue weighted by Gasteiger charge is 2.21. The summed E-state index contributed by atoms with van der Waals surface area (Å²) in [6.45, 7) is 5.04. The molecule has 0 spiro atoms. The van der Waals surface area contributed by atoms with Crippen LogP contribution in [0, 0.1) is 6.92 Å². The normalized spacial score (nSPS) is 27.8. The molecule has 0 aromatic heterocycles. The van der Waals surface area contributed by atoms with E-state index in [9.17, 15) is 0 Å². The molecule has 1 aromatic rings. The predicted octanol–water partition coefficient (Wildman–Crippen LogP) is 2.00. The van der Waals surface area contributed by atoms with Gasteiger partial charge in [-0.1, -0.05) is 29.8 Å². The molecule has 1 aromatic carbocycles. The molecule has 70 valence electrons. The first-order valence-electron chi connectivity index (χ1n) is 4.70. The molecule has 1 aliphatic heterocycles. The molecule has 1 saturated heterocycles. The average molecular weight is 177 g/mol. The highest BCUT2D eigenvalue weighted by molar-refractivity contribution is 5.24. The molecule has 1 heterocycles. The second-order valence-electron chi connectivity index (χ2n) is 3.70. The zero-order chi connectivity index (χ0) is 9.26. The molecule has 0 aliphatic carbocycles. The van der Waals surface area contributed by atoms with Gasteiger partial charge in [-0.2, -0.15) is 0 Å². The van der Waals surface area contributed by atoms with Gasteiger partial charge in [0.2, 0.25) is 0 Å². The monoisotopic (exact) mass is 177 g/mol.